The molecule has 1 atom stereocenters. The fourth-order valence-corrected chi connectivity index (χ4v) is 4.05. The number of nitrogens with one attached hydrogen (secondary N) is 1. The van der Waals surface area contributed by atoms with Crippen LogP contribution in [0.5, 0.6) is 0 Å². The standard InChI is InChI=1S/C19H26N4O3/c1-22-14-20-12-16(22)13-23-7-5-19(6-8-23)11-15(4-10-26-19)21-18(24)17-3-2-9-25-17/h2-3,9,12,14-15H,4-8,10-11,13H2,1H3,(H,21,24)/t15-/m1/s1. The van der Waals surface area contributed by atoms with Crippen LogP contribution < -0.4 is 5.32 Å². The van der Waals surface area contributed by atoms with E-state index in [1.807, 2.05) is 19.6 Å². The van der Waals surface area contributed by atoms with Crippen molar-refractivity contribution in [1.29, 1.82) is 0 Å². The van der Waals surface area contributed by atoms with Gasteiger partial charge in [-0.2, -0.15) is 0 Å². The summed E-state index contributed by atoms with van der Waals surface area (Å²) in [6, 6.07) is 3.57. The van der Waals surface area contributed by atoms with Crippen LogP contribution in [0, 0.1) is 0 Å². The van der Waals surface area contributed by atoms with Crippen LogP contribution in [0.2, 0.25) is 0 Å². The number of carbonyl (C=O) groups is 1. The zero-order valence-electron chi connectivity index (χ0n) is 15.2. The van der Waals surface area contributed by atoms with Gasteiger partial charge < -0.3 is 19.0 Å². The molecule has 2 saturated heterocycles. The highest BCUT2D eigenvalue weighted by molar-refractivity contribution is 5.91. The molecule has 2 aromatic heterocycles. The molecule has 7 heteroatoms. The maximum Gasteiger partial charge on any atom is 0.287 e. The van der Waals surface area contributed by atoms with Crippen molar-refractivity contribution in [3.8, 4) is 0 Å². The number of aromatic nitrogens is 2. The van der Waals surface area contributed by atoms with Gasteiger partial charge in [-0.1, -0.05) is 0 Å². The van der Waals surface area contributed by atoms with E-state index >= 15 is 0 Å². The van der Waals surface area contributed by atoms with Gasteiger partial charge in [-0.3, -0.25) is 9.69 Å². The molecular formula is C19H26N4O3. The Labute approximate surface area is 153 Å². The van der Waals surface area contributed by atoms with Gasteiger partial charge in [0.25, 0.3) is 5.91 Å². The smallest absolute Gasteiger partial charge is 0.287 e. The lowest BCUT2D eigenvalue weighted by molar-refractivity contribution is -0.119. The molecule has 0 radical (unpaired) electrons. The summed E-state index contributed by atoms with van der Waals surface area (Å²) < 4.78 is 13.5. The minimum atomic E-state index is -0.134. The Morgan fingerprint density at radius 2 is 2.27 bits per heavy atom. The number of furan rings is 1. The van der Waals surface area contributed by atoms with E-state index in [0.717, 1.165) is 45.3 Å². The summed E-state index contributed by atoms with van der Waals surface area (Å²) in [5, 5.41) is 3.11. The third-order valence-corrected chi connectivity index (χ3v) is 5.64. The molecule has 1 amide bonds. The van der Waals surface area contributed by atoms with Gasteiger partial charge in [-0.05, 0) is 37.8 Å². The van der Waals surface area contributed by atoms with Gasteiger partial charge >= 0.3 is 0 Å². The highest BCUT2D eigenvalue weighted by atomic mass is 16.5. The highest BCUT2D eigenvalue weighted by Gasteiger charge is 2.40. The number of piperidine rings is 1. The average molecular weight is 358 g/mol. The summed E-state index contributed by atoms with van der Waals surface area (Å²) in [6.45, 7) is 3.63. The monoisotopic (exact) mass is 358 g/mol. The second-order valence-electron chi connectivity index (χ2n) is 7.44. The van der Waals surface area contributed by atoms with Crippen LogP contribution in [0.15, 0.2) is 35.3 Å². The number of carbonyl (C=O) groups excluding carboxylic acids is 1. The van der Waals surface area contributed by atoms with Gasteiger partial charge in [0.15, 0.2) is 5.76 Å². The lowest BCUT2D eigenvalue weighted by Gasteiger charge is -2.46. The first-order valence-electron chi connectivity index (χ1n) is 9.29. The summed E-state index contributed by atoms with van der Waals surface area (Å²) in [5.74, 6) is 0.238. The molecule has 0 saturated carbocycles. The van der Waals surface area contributed by atoms with E-state index in [0.29, 0.717) is 12.4 Å². The number of nitrogens with zero attached hydrogens (tertiary/aromatic N) is 3. The number of hydrogen-bond acceptors (Lipinski definition) is 5. The van der Waals surface area contributed by atoms with E-state index in [1.165, 1.54) is 12.0 Å². The van der Waals surface area contributed by atoms with Crippen LogP contribution >= 0.6 is 0 Å². The number of imidazole rings is 1. The van der Waals surface area contributed by atoms with E-state index in [4.69, 9.17) is 9.15 Å². The van der Waals surface area contributed by atoms with Crippen LogP contribution in [0.25, 0.3) is 0 Å². The molecule has 0 aromatic carbocycles. The van der Waals surface area contributed by atoms with Gasteiger partial charge in [-0.25, -0.2) is 4.98 Å². The number of rotatable bonds is 4. The summed E-state index contributed by atoms with van der Waals surface area (Å²) in [6.07, 6.45) is 9.03. The SMILES string of the molecule is Cn1cncc1CN1CCC2(CC1)C[C@H](NC(=O)c1ccco1)CCO2. The number of amides is 1. The molecule has 1 N–H and O–H groups in total. The highest BCUT2D eigenvalue weighted by Crippen LogP contribution is 2.35. The molecule has 0 bridgehead atoms. The van der Waals surface area contributed by atoms with Gasteiger partial charge in [0.1, 0.15) is 0 Å². The molecule has 7 nitrogen and oxygen atoms in total. The quantitative estimate of drug-likeness (QED) is 0.904. The molecule has 140 valence electrons. The molecule has 0 unspecified atom stereocenters. The summed E-state index contributed by atoms with van der Waals surface area (Å²) in [4.78, 5) is 18.9. The lowest BCUT2D eigenvalue weighted by Crippen LogP contribution is -2.53. The fourth-order valence-electron chi connectivity index (χ4n) is 4.05. The van der Waals surface area contributed by atoms with Crippen molar-refractivity contribution in [3.63, 3.8) is 0 Å². The number of likely N-dealkylation sites (tertiary alicyclic amines) is 1. The van der Waals surface area contributed by atoms with Crippen LogP contribution in [0.3, 0.4) is 0 Å². The van der Waals surface area contributed by atoms with Crippen molar-refractivity contribution >= 4 is 5.91 Å². The third-order valence-electron chi connectivity index (χ3n) is 5.64. The number of aryl methyl sites for hydroxylation is 1. The van der Waals surface area contributed by atoms with Crippen molar-refractivity contribution < 1.29 is 13.9 Å². The Kier molecular flexibility index (Phi) is 4.82. The van der Waals surface area contributed by atoms with Crippen molar-refractivity contribution in [2.24, 2.45) is 7.05 Å². The molecule has 4 rings (SSSR count). The van der Waals surface area contributed by atoms with Gasteiger partial charge in [-0.15, -0.1) is 0 Å². The summed E-state index contributed by atoms with van der Waals surface area (Å²) >= 11 is 0. The maximum absolute atomic E-state index is 12.2. The topological polar surface area (TPSA) is 72.5 Å². The fraction of sp³-hybridized carbons (Fsp3) is 0.579. The molecular weight excluding hydrogens is 332 g/mol. The average Bonchev–Trinajstić information content (AvgIpc) is 3.30. The summed E-state index contributed by atoms with van der Waals surface area (Å²) in [7, 11) is 2.03. The van der Waals surface area contributed by atoms with Crippen molar-refractivity contribution in [2.45, 2.75) is 43.9 Å². The minimum Gasteiger partial charge on any atom is -0.459 e. The van der Waals surface area contributed by atoms with E-state index in [2.05, 4.69) is 19.8 Å². The zero-order chi connectivity index (χ0) is 18.0. The Hall–Kier alpha value is -2.12. The maximum atomic E-state index is 12.2. The van der Waals surface area contributed by atoms with E-state index < -0.39 is 0 Å². The minimum absolute atomic E-state index is 0.109. The number of hydrogen-bond donors (Lipinski definition) is 1. The molecule has 2 fully saturated rings. The van der Waals surface area contributed by atoms with Crippen molar-refractivity contribution in [1.82, 2.24) is 19.8 Å². The second-order valence-corrected chi connectivity index (χ2v) is 7.44. The van der Waals surface area contributed by atoms with Crippen LogP contribution in [0.4, 0.5) is 0 Å². The molecule has 1 spiro atoms. The number of ether oxygens (including phenoxy) is 1. The predicted molar refractivity (Wildman–Crippen MR) is 95.6 cm³/mol. The molecule has 0 aliphatic carbocycles. The molecule has 4 heterocycles. The van der Waals surface area contributed by atoms with Crippen molar-refractivity contribution in [3.05, 3.63) is 42.4 Å². The van der Waals surface area contributed by atoms with E-state index in [-0.39, 0.29) is 17.6 Å². The molecule has 2 aliphatic rings. The molecule has 2 aliphatic heterocycles. The Bertz CT molecular complexity index is 732. The normalized spacial score (nSPS) is 23.2. The first kappa shape index (κ1) is 17.3. The van der Waals surface area contributed by atoms with Gasteiger partial charge in [0, 0.05) is 45.5 Å². The Morgan fingerprint density at radius 3 is 2.96 bits per heavy atom. The second kappa shape index (κ2) is 7.25. The van der Waals surface area contributed by atoms with E-state index in [1.54, 1.807) is 12.1 Å². The first-order valence-corrected chi connectivity index (χ1v) is 9.29. The van der Waals surface area contributed by atoms with Gasteiger partial charge in [0.05, 0.1) is 23.9 Å². The van der Waals surface area contributed by atoms with Crippen LogP contribution in [0.1, 0.15) is 41.9 Å². The molecule has 2 aromatic rings. The van der Waals surface area contributed by atoms with Crippen LogP contribution in [-0.4, -0.2) is 51.7 Å². The van der Waals surface area contributed by atoms with E-state index in [9.17, 15) is 4.79 Å². The largest absolute Gasteiger partial charge is 0.459 e. The Morgan fingerprint density at radius 1 is 1.42 bits per heavy atom. The van der Waals surface area contributed by atoms with Crippen LogP contribution in [-0.2, 0) is 18.3 Å². The lowest BCUT2D eigenvalue weighted by atomic mass is 9.82. The zero-order valence-corrected chi connectivity index (χ0v) is 15.2. The summed E-state index contributed by atoms with van der Waals surface area (Å²) in [5.41, 5.74) is 1.12. The Balaban J connectivity index is 1.31. The predicted octanol–water partition coefficient (Wildman–Crippen LogP) is 1.96. The molecule has 26 heavy (non-hydrogen) atoms. The van der Waals surface area contributed by atoms with Gasteiger partial charge in [0.2, 0.25) is 0 Å². The third kappa shape index (κ3) is 3.68. The van der Waals surface area contributed by atoms with Crippen molar-refractivity contribution in [2.75, 3.05) is 19.7 Å². The first-order chi connectivity index (χ1) is 12.6.